The minimum atomic E-state index is -0.154. The number of hydrogen-bond donors (Lipinski definition) is 0. The van der Waals surface area contributed by atoms with Crippen molar-refractivity contribution in [1.82, 2.24) is 35.0 Å². The second-order valence-corrected chi connectivity index (χ2v) is 21.0. The van der Waals surface area contributed by atoms with Crippen LogP contribution in [0.3, 0.4) is 0 Å². The number of rotatable bonds is 17. The van der Waals surface area contributed by atoms with Gasteiger partial charge < -0.3 is 29.2 Å². The maximum atomic E-state index is 6.03. The zero-order valence-corrected chi connectivity index (χ0v) is 39.4. The smallest absolute Gasteiger partial charge is 0.230 e. The number of hydrogen-bond acceptors (Lipinski definition) is 12. The van der Waals surface area contributed by atoms with E-state index in [1.807, 2.05) is 14.2 Å². The SMILES string of the molecule is CCc1nc(N(C)C2CC(C)(C)N(OC)C(C)(C)C2)nc(N(CCCCCCN(CC)C2CC(C)(C)N(OC)C(C)(C)C2)C2CC(C)(C)N(OC)C(C)(C)C2)n1. The number of aryl methyl sites for hydroxylation is 1. The van der Waals surface area contributed by atoms with Gasteiger partial charge in [0.15, 0.2) is 0 Å². The summed E-state index contributed by atoms with van der Waals surface area (Å²) >= 11 is 0. The minimum absolute atomic E-state index is 0.00325. The molecule has 3 aliphatic rings. The Morgan fingerprint density at radius 1 is 0.518 bits per heavy atom. The van der Waals surface area contributed by atoms with E-state index in [-0.39, 0.29) is 45.3 Å². The van der Waals surface area contributed by atoms with Gasteiger partial charge in [0.05, 0.1) is 21.3 Å². The molecule has 0 spiro atoms. The summed E-state index contributed by atoms with van der Waals surface area (Å²) in [5, 5.41) is 6.60. The first-order valence-electron chi connectivity index (χ1n) is 21.9. The molecule has 1 aromatic heterocycles. The van der Waals surface area contributed by atoms with Crippen LogP contribution in [0.5, 0.6) is 0 Å². The lowest BCUT2D eigenvalue weighted by atomic mass is 9.78. The number of hydroxylamine groups is 6. The van der Waals surface area contributed by atoms with Gasteiger partial charge in [-0.3, -0.25) is 0 Å². The van der Waals surface area contributed by atoms with Crippen LogP contribution in [0.25, 0.3) is 0 Å². The minimum Gasteiger partial charge on any atom is -0.341 e. The molecule has 56 heavy (non-hydrogen) atoms. The summed E-state index contributed by atoms with van der Waals surface area (Å²) in [7, 11) is 7.60. The van der Waals surface area contributed by atoms with E-state index in [4.69, 9.17) is 29.5 Å². The second-order valence-electron chi connectivity index (χ2n) is 21.0. The highest BCUT2D eigenvalue weighted by molar-refractivity contribution is 5.41. The Bertz CT molecular complexity index is 1360. The lowest BCUT2D eigenvalue weighted by Gasteiger charge is -2.55. The van der Waals surface area contributed by atoms with Gasteiger partial charge in [-0.05, 0) is 148 Å². The molecule has 4 heterocycles. The van der Waals surface area contributed by atoms with Crippen molar-refractivity contribution < 1.29 is 14.5 Å². The topological polar surface area (TPSA) is 85.8 Å². The molecule has 0 saturated carbocycles. The van der Waals surface area contributed by atoms with E-state index < -0.39 is 0 Å². The third-order valence-electron chi connectivity index (χ3n) is 13.3. The molecule has 12 heteroatoms. The Hall–Kier alpha value is -1.67. The molecule has 3 aliphatic heterocycles. The fourth-order valence-electron chi connectivity index (χ4n) is 11.9. The van der Waals surface area contributed by atoms with Crippen LogP contribution in [0, 0.1) is 0 Å². The molecule has 0 aromatic carbocycles. The number of unbranched alkanes of at least 4 members (excludes halogenated alkanes) is 3. The van der Waals surface area contributed by atoms with Gasteiger partial charge in [0.2, 0.25) is 11.9 Å². The predicted molar refractivity (Wildman–Crippen MR) is 231 cm³/mol. The zero-order valence-electron chi connectivity index (χ0n) is 39.4. The monoisotopic (exact) mass is 788 g/mol. The van der Waals surface area contributed by atoms with Gasteiger partial charge in [-0.25, -0.2) is 0 Å². The summed E-state index contributed by atoms with van der Waals surface area (Å²) in [6.07, 6.45) is 11.5. The highest BCUT2D eigenvalue weighted by Gasteiger charge is 2.50. The largest absolute Gasteiger partial charge is 0.341 e. The summed E-state index contributed by atoms with van der Waals surface area (Å²) in [5.74, 6) is 2.44. The Morgan fingerprint density at radius 3 is 1.29 bits per heavy atom. The van der Waals surface area contributed by atoms with E-state index in [9.17, 15) is 0 Å². The van der Waals surface area contributed by atoms with Crippen LogP contribution in [-0.4, -0.2) is 134 Å². The second kappa shape index (κ2) is 17.9. The molecule has 1 aromatic rings. The summed E-state index contributed by atoms with van der Waals surface area (Å²) in [4.78, 5) is 41.1. The van der Waals surface area contributed by atoms with E-state index in [0.717, 1.165) is 88.7 Å². The molecule has 0 aliphatic carbocycles. The van der Waals surface area contributed by atoms with E-state index in [0.29, 0.717) is 6.04 Å². The molecule has 4 rings (SSSR count). The van der Waals surface area contributed by atoms with Crippen LogP contribution < -0.4 is 9.80 Å². The molecule has 0 unspecified atom stereocenters. The fraction of sp³-hybridized carbons (Fsp3) is 0.932. The van der Waals surface area contributed by atoms with Crippen LogP contribution in [0.4, 0.5) is 11.9 Å². The van der Waals surface area contributed by atoms with Crippen molar-refractivity contribution in [2.45, 2.75) is 219 Å². The Morgan fingerprint density at radius 2 is 0.893 bits per heavy atom. The highest BCUT2D eigenvalue weighted by Crippen LogP contribution is 2.43. The van der Waals surface area contributed by atoms with E-state index in [1.54, 1.807) is 7.11 Å². The maximum Gasteiger partial charge on any atom is 0.230 e. The molecular weight excluding hydrogens is 703 g/mol. The van der Waals surface area contributed by atoms with Crippen LogP contribution >= 0.6 is 0 Å². The van der Waals surface area contributed by atoms with Gasteiger partial charge in [0.1, 0.15) is 5.82 Å². The lowest BCUT2D eigenvalue weighted by Crippen LogP contribution is -2.64. The highest BCUT2D eigenvalue weighted by atomic mass is 16.7. The lowest BCUT2D eigenvalue weighted by molar-refractivity contribution is -0.272. The van der Waals surface area contributed by atoms with Crippen LogP contribution in [0.15, 0.2) is 0 Å². The molecule has 3 saturated heterocycles. The summed E-state index contributed by atoms with van der Waals surface area (Å²) in [6, 6.07) is 1.08. The van der Waals surface area contributed by atoms with Gasteiger partial charge >= 0.3 is 0 Å². The summed E-state index contributed by atoms with van der Waals surface area (Å²) < 4.78 is 0. The molecular formula is C44H85N9O3. The van der Waals surface area contributed by atoms with Gasteiger partial charge in [0, 0.05) is 71.4 Å². The summed E-state index contributed by atoms with van der Waals surface area (Å²) in [5.41, 5.74) is -0.593. The van der Waals surface area contributed by atoms with Crippen molar-refractivity contribution in [3.63, 3.8) is 0 Å². The van der Waals surface area contributed by atoms with E-state index >= 15 is 0 Å². The third-order valence-corrected chi connectivity index (χ3v) is 13.3. The molecule has 0 bridgehead atoms. The molecule has 0 amide bonds. The average molecular weight is 788 g/mol. The number of piperidine rings is 3. The number of anilines is 2. The van der Waals surface area contributed by atoms with Crippen molar-refractivity contribution in [2.24, 2.45) is 0 Å². The Balaban J connectivity index is 1.54. The number of nitrogens with zero attached hydrogens (tertiary/aromatic N) is 9. The van der Waals surface area contributed by atoms with Crippen molar-refractivity contribution in [1.29, 1.82) is 0 Å². The Labute approximate surface area is 343 Å². The molecule has 3 fully saturated rings. The first kappa shape index (κ1) is 47.0. The van der Waals surface area contributed by atoms with Gasteiger partial charge in [-0.15, -0.1) is 0 Å². The number of aromatic nitrogens is 3. The van der Waals surface area contributed by atoms with E-state index in [2.05, 4.69) is 134 Å². The van der Waals surface area contributed by atoms with Crippen molar-refractivity contribution in [3.05, 3.63) is 5.82 Å². The molecule has 324 valence electrons. The first-order chi connectivity index (χ1) is 25.9. The standard InChI is InChI=1S/C44H85N9O3/c1-19-36-45-37(48(15)33-27-39(3,4)51(54-16)40(5,6)28-33)47-38(46-36)50(35-31-43(11,12)53(56-18)44(13,14)32-35)26-24-22-21-23-25-49(20-2)34-29-41(7,8)52(55-17)42(9,10)30-34/h33-35H,19-32H2,1-18H3. The normalized spacial score (nSPS) is 24.5. The average Bonchev–Trinajstić information content (AvgIpc) is 3.06. The van der Waals surface area contributed by atoms with Crippen molar-refractivity contribution in [3.8, 4) is 0 Å². The van der Waals surface area contributed by atoms with Gasteiger partial charge in [-0.2, -0.15) is 30.1 Å². The van der Waals surface area contributed by atoms with Crippen molar-refractivity contribution in [2.75, 3.05) is 57.8 Å². The van der Waals surface area contributed by atoms with Gasteiger partial charge in [0.25, 0.3) is 0 Å². The van der Waals surface area contributed by atoms with Crippen LogP contribution in [0.1, 0.15) is 167 Å². The summed E-state index contributed by atoms with van der Waals surface area (Å²) in [6.45, 7) is 35.3. The quantitative estimate of drug-likeness (QED) is 0.143. The fourth-order valence-corrected chi connectivity index (χ4v) is 11.9. The van der Waals surface area contributed by atoms with Crippen LogP contribution in [-0.2, 0) is 20.9 Å². The van der Waals surface area contributed by atoms with Gasteiger partial charge in [-0.1, -0.05) is 26.7 Å². The molecule has 0 N–H and O–H groups in total. The maximum absolute atomic E-state index is 6.03. The zero-order chi connectivity index (χ0) is 42.1. The first-order valence-corrected chi connectivity index (χ1v) is 21.9. The molecule has 0 radical (unpaired) electrons. The van der Waals surface area contributed by atoms with Crippen LogP contribution in [0.2, 0.25) is 0 Å². The molecule has 12 nitrogen and oxygen atoms in total. The Kier molecular flexibility index (Phi) is 15.0. The molecule has 0 atom stereocenters. The van der Waals surface area contributed by atoms with Crippen molar-refractivity contribution >= 4 is 11.9 Å². The van der Waals surface area contributed by atoms with E-state index in [1.165, 1.54) is 19.3 Å². The predicted octanol–water partition coefficient (Wildman–Crippen LogP) is 8.31. The third kappa shape index (κ3) is 10.4.